The lowest BCUT2D eigenvalue weighted by Gasteiger charge is -2.10. The second-order valence-corrected chi connectivity index (χ2v) is 6.44. The van der Waals surface area contributed by atoms with Gasteiger partial charge in [-0.15, -0.1) is 0 Å². The number of halogens is 1. The van der Waals surface area contributed by atoms with Gasteiger partial charge in [0.25, 0.3) is 10.0 Å². The number of aryl methyl sites for hydroxylation is 2. The Bertz CT molecular complexity index is 740. The Morgan fingerprint density at radius 1 is 1.40 bits per heavy atom. The van der Waals surface area contributed by atoms with Crippen molar-refractivity contribution in [3.63, 3.8) is 0 Å². The van der Waals surface area contributed by atoms with Gasteiger partial charge in [0.1, 0.15) is 4.90 Å². The zero-order valence-electron chi connectivity index (χ0n) is 11.1. The number of rotatable bonds is 4. The summed E-state index contributed by atoms with van der Waals surface area (Å²) in [5.74, 6) is 0. The van der Waals surface area contributed by atoms with Gasteiger partial charge in [-0.1, -0.05) is 17.7 Å². The Balaban J connectivity index is 2.46. The lowest BCUT2D eigenvalue weighted by Crippen LogP contribution is -2.16. The SMILES string of the molecule is Cc1ccc(Cl)c(NS(=O)(=O)c2c(CN)n[nH]c2C)c1. The van der Waals surface area contributed by atoms with Gasteiger partial charge in [-0.3, -0.25) is 9.82 Å². The Morgan fingerprint density at radius 2 is 2.10 bits per heavy atom. The standard InChI is InChI=1S/C12H15ClN4O2S/c1-7-3-4-9(13)10(5-7)17-20(18,19)12-8(2)15-16-11(12)6-14/h3-5,17H,6,14H2,1-2H3,(H,15,16). The molecule has 4 N–H and O–H groups in total. The molecule has 0 aliphatic heterocycles. The van der Waals surface area contributed by atoms with Crippen molar-refractivity contribution in [2.24, 2.45) is 5.73 Å². The van der Waals surface area contributed by atoms with Gasteiger partial charge in [-0.2, -0.15) is 5.10 Å². The van der Waals surface area contributed by atoms with Gasteiger partial charge in [0.15, 0.2) is 0 Å². The number of hydrogen-bond donors (Lipinski definition) is 3. The molecule has 8 heteroatoms. The number of sulfonamides is 1. The van der Waals surface area contributed by atoms with E-state index in [4.69, 9.17) is 17.3 Å². The molecule has 1 aromatic carbocycles. The molecule has 2 aromatic rings. The van der Waals surface area contributed by atoms with Crippen LogP contribution in [0.25, 0.3) is 0 Å². The summed E-state index contributed by atoms with van der Waals surface area (Å²) in [5, 5.41) is 6.83. The summed E-state index contributed by atoms with van der Waals surface area (Å²) >= 11 is 6.00. The number of H-pyrrole nitrogens is 1. The maximum atomic E-state index is 12.4. The smallest absolute Gasteiger partial charge is 0.265 e. The summed E-state index contributed by atoms with van der Waals surface area (Å²) in [4.78, 5) is 0.0672. The Kier molecular flexibility index (Phi) is 4.03. The van der Waals surface area contributed by atoms with E-state index in [0.29, 0.717) is 22.1 Å². The normalized spacial score (nSPS) is 11.6. The molecular weight excluding hydrogens is 300 g/mol. The van der Waals surface area contributed by atoms with E-state index < -0.39 is 10.0 Å². The minimum atomic E-state index is -3.79. The number of nitrogens with zero attached hydrogens (tertiary/aromatic N) is 1. The van der Waals surface area contributed by atoms with E-state index in [-0.39, 0.29) is 11.4 Å². The third-order valence-corrected chi connectivity index (χ3v) is 4.69. The van der Waals surface area contributed by atoms with Crippen molar-refractivity contribution in [3.05, 3.63) is 40.2 Å². The molecule has 0 aliphatic carbocycles. The maximum absolute atomic E-state index is 12.4. The van der Waals surface area contributed by atoms with Crippen LogP contribution in [-0.4, -0.2) is 18.6 Å². The Labute approximate surface area is 122 Å². The number of nitrogens with two attached hydrogens (primary N) is 1. The first-order chi connectivity index (χ1) is 9.35. The molecule has 0 amide bonds. The molecule has 108 valence electrons. The molecule has 0 atom stereocenters. The summed E-state index contributed by atoms with van der Waals surface area (Å²) in [6.45, 7) is 3.50. The van der Waals surface area contributed by atoms with Gasteiger partial charge in [0.2, 0.25) is 0 Å². The fourth-order valence-electron chi connectivity index (χ4n) is 1.88. The van der Waals surface area contributed by atoms with Crippen molar-refractivity contribution >= 4 is 27.3 Å². The van der Waals surface area contributed by atoms with E-state index in [2.05, 4.69) is 14.9 Å². The number of aromatic nitrogens is 2. The maximum Gasteiger partial charge on any atom is 0.265 e. The van der Waals surface area contributed by atoms with Gasteiger partial charge in [-0.25, -0.2) is 8.42 Å². The number of nitrogens with one attached hydrogen (secondary N) is 2. The zero-order valence-corrected chi connectivity index (χ0v) is 12.6. The molecule has 0 saturated heterocycles. The highest BCUT2D eigenvalue weighted by Gasteiger charge is 2.24. The monoisotopic (exact) mass is 314 g/mol. The number of anilines is 1. The number of benzene rings is 1. The molecule has 6 nitrogen and oxygen atoms in total. The van der Waals surface area contributed by atoms with E-state index in [1.165, 1.54) is 0 Å². The highest BCUT2D eigenvalue weighted by molar-refractivity contribution is 7.92. The first-order valence-corrected chi connectivity index (χ1v) is 7.74. The summed E-state index contributed by atoms with van der Waals surface area (Å²) in [5.41, 5.74) is 7.46. The van der Waals surface area contributed by atoms with Crippen LogP contribution in [0.5, 0.6) is 0 Å². The van der Waals surface area contributed by atoms with E-state index in [9.17, 15) is 8.42 Å². The predicted molar refractivity (Wildman–Crippen MR) is 78.2 cm³/mol. The van der Waals surface area contributed by atoms with Gasteiger partial charge in [0.05, 0.1) is 22.1 Å². The van der Waals surface area contributed by atoms with Gasteiger partial charge in [0, 0.05) is 6.54 Å². The lowest BCUT2D eigenvalue weighted by molar-refractivity contribution is 0.599. The third kappa shape index (κ3) is 2.79. The fraction of sp³-hybridized carbons (Fsp3) is 0.250. The van der Waals surface area contributed by atoms with Crippen LogP contribution in [0, 0.1) is 13.8 Å². The topological polar surface area (TPSA) is 101 Å². The molecule has 0 fully saturated rings. The highest BCUT2D eigenvalue weighted by atomic mass is 35.5. The summed E-state index contributed by atoms with van der Waals surface area (Å²) < 4.78 is 27.4. The Morgan fingerprint density at radius 3 is 2.75 bits per heavy atom. The Hall–Kier alpha value is -1.57. The molecule has 0 bridgehead atoms. The fourth-order valence-corrected chi connectivity index (χ4v) is 3.55. The quantitative estimate of drug-likeness (QED) is 0.802. The zero-order chi connectivity index (χ0) is 14.9. The van der Waals surface area contributed by atoms with Crippen molar-refractivity contribution in [1.82, 2.24) is 10.2 Å². The molecule has 20 heavy (non-hydrogen) atoms. The van der Waals surface area contributed by atoms with Crippen LogP contribution >= 0.6 is 11.6 Å². The highest BCUT2D eigenvalue weighted by Crippen LogP contribution is 2.27. The first kappa shape index (κ1) is 14.8. The van der Waals surface area contributed by atoms with Crippen LogP contribution in [-0.2, 0) is 16.6 Å². The molecule has 2 rings (SSSR count). The van der Waals surface area contributed by atoms with Crippen molar-refractivity contribution in [2.75, 3.05) is 4.72 Å². The molecule has 0 aliphatic rings. The van der Waals surface area contributed by atoms with E-state index >= 15 is 0 Å². The molecule has 1 heterocycles. The van der Waals surface area contributed by atoms with Crippen molar-refractivity contribution in [3.8, 4) is 0 Å². The van der Waals surface area contributed by atoms with E-state index in [1.807, 2.05) is 6.92 Å². The molecule has 0 spiro atoms. The number of aromatic amines is 1. The second-order valence-electron chi connectivity index (χ2n) is 4.42. The van der Waals surface area contributed by atoms with Crippen molar-refractivity contribution < 1.29 is 8.42 Å². The minimum Gasteiger partial charge on any atom is -0.325 e. The molecule has 0 saturated carbocycles. The van der Waals surface area contributed by atoms with Crippen LogP contribution < -0.4 is 10.5 Å². The first-order valence-electron chi connectivity index (χ1n) is 5.88. The van der Waals surface area contributed by atoms with Crippen LogP contribution in [0.15, 0.2) is 23.1 Å². The molecule has 0 unspecified atom stereocenters. The average molecular weight is 315 g/mol. The predicted octanol–water partition coefficient (Wildman–Crippen LogP) is 1.94. The second kappa shape index (κ2) is 5.43. The van der Waals surface area contributed by atoms with Gasteiger partial charge < -0.3 is 5.73 Å². The molecular formula is C12H15ClN4O2S. The number of hydrogen-bond acceptors (Lipinski definition) is 4. The lowest BCUT2D eigenvalue weighted by atomic mass is 10.2. The van der Waals surface area contributed by atoms with Crippen LogP contribution in [0.1, 0.15) is 17.0 Å². The van der Waals surface area contributed by atoms with Crippen LogP contribution in [0.3, 0.4) is 0 Å². The summed E-state index contributed by atoms with van der Waals surface area (Å²) in [6.07, 6.45) is 0. The summed E-state index contributed by atoms with van der Waals surface area (Å²) in [6, 6.07) is 5.10. The van der Waals surface area contributed by atoms with Crippen LogP contribution in [0.4, 0.5) is 5.69 Å². The largest absolute Gasteiger partial charge is 0.325 e. The average Bonchev–Trinajstić information content (AvgIpc) is 2.75. The third-order valence-electron chi connectivity index (χ3n) is 2.79. The van der Waals surface area contributed by atoms with E-state index in [1.54, 1.807) is 25.1 Å². The molecule has 0 radical (unpaired) electrons. The summed E-state index contributed by atoms with van der Waals surface area (Å²) in [7, 11) is -3.79. The van der Waals surface area contributed by atoms with E-state index in [0.717, 1.165) is 5.56 Å². The van der Waals surface area contributed by atoms with Crippen molar-refractivity contribution in [1.29, 1.82) is 0 Å². The molecule has 1 aromatic heterocycles. The van der Waals surface area contributed by atoms with Gasteiger partial charge >= 0.3 is 0 Å². The minimum absolute atomic E-state index is 0.0299. The van der Waals surface area contributed by atoms with Crippen molar-refractivity contribution in [2.45, 2.75) is 25.3 Å². The van der Waals surface area contributed by atoms with Crippen LogP contribution in [0.2, 0.25) is 5.02 Å². The van der Waals surface area contributed by atoms with Gasteiger partial charge in [-0.05, 0) is 31.5 Å².